The summed E-state index contributed by atoms with van der Waals surface area (Å²) in [6, 6.07) is 10.1. The van der Waals surface area contributed by atoms with E-state index >= 15 is 0 Å². The van der Waals surface area contributed by atoms with Gasteiger partial charge in [-0.25, -0.2) is 18.7 Å². The van der Waals surface area contributed by atoms with E-state index in [4.69, 9.17) is 0 Å². The molecular weight excluding hydrogens is 564 g/mol. The minimum atomic E-state index is -1.02. The molecule has 1 amide bonds. The Morgan fingerprint density at radius 1 is 1.02 bits per heavy atom. The monoisotopic (exact) mass is 595 g/mol. The molecule has 0 unspecified atom stereocenters. The van der Waals surface area contributed by atoms with Crippen molar-refractivity contribution in [1.29, 1.82) is 0 Å². The van der Waals surface area contributed by atoms with Crippen molar-refractivity contribution in [2.24, 2.45) is 0 Å². The number of carbonyl (C=O) groups is 1. The number of piperidine rings is 1. The number of pyridine rings is 1. The maximum Gasteiger partial charge on any atom is 0.266 e. The van der Waals surface area contributed by atoms with E-state index in [-0.39, 0.29) is 18.7 Å². The Morgan fingerprint density at radius 3 is 2.61 bits per heavy atom. The normalized spacial score (nSPS) is 14.2. The molecule has 44 heavy (non-hydrogen) atoms. The van der Waals surface area contributed by atoms with Crippen LogP contribution in [0.15, 0.2) is 66.2 Å². The van der Waals surface area contributed by atoms with Crippen LogP contribution < -0.4 is 10.9 Å². The number of likely N-dealkylation sites (tertiary alicyclic amines) is 1. The minimum absolute atomic E-state index is 0.00316. The van der Waals surface area contributed by atoms with E-state index in [2.05, 4.69) is 55.4 Å². The zero-order valence-electron chi connectivity index (χ0n) is 24.4. The third-order valence-corrected chi connectivity index (χ3v) is 8.07. The second-order valence-corrected chi connectivity index (χ2v) is 11.2. The first-order chi connectivity index (χ1) is 21.3. The van der Waals surface area contributed by atoms with Gasteiger partial charge in [0.1, 0.15) is 11.1 Å². The topological polar surface area (TPSA) is 97.9 Å². The van der Waals surface area contributed by atoms with Crippen molar-refractivity contribution in [3.8, 4) is 11.8 Å². The van der Waals surface area contributed by atoms with Crippen LogP contribution >= 0.6 is 0 Å². The Labute approximate surface area is 252 Å². The van der Waals surface area contributed by atoms with Gasteiger partial charge in [0.2, 0.25) is 0 Å². The van der Waals surface area contributed by atoms with Gasteiger partial charge >= 0.3 is 0 Å². The van der Waals surface area contributed by atoms with Crippen LogP contribution in [0.25, 0.3) is 21.9 Å². The lowest BCUT2D eigenvalue weighted by molar-refractivity contribution is 0.0956. The number of hydrogen-bond acceptors (Lipinski definition) is 6. The number of rotatable bonds is 6. The molecular formula is C33H31F2N7O2. The van der Waals surface area contributed by atoms with Gasteiger partial charge < -0.3 is 14.8 Å². The summed E-state index contributed by atoms with van der Waals surface area (Å²) < 4.78 is 30.3. The molecule has 0 saturated carbocycles. The fourth-order valence-electron chi connectivity index (χ4n) is 5.67. The van der Waals surface area contributed by atoms with Crippen molar-refractivity contribution >= 4 is 27.8 Å². The predicted octanol–water partition coefficient (Wildman–Crippen LogP) is 4.29. The summed E-state index contributed by atoms with van der Waals surface area (Å²) >= 11 is 0. The van der Waals surface area contributed by atoms with Crippen LogP contribution in [0.5, 0.6) is 0 Å². The van der Waals surface area contributed by atoms with E-state index in [0.29, 0.717) is 17.6 Å². The van der Waals surface area contributed by atoms with Gasteiger partial charge in [-0.3, -0.25) is 19.1 Å². The molecule has 0 spiro atoms. The van der Waals surface area contributed by atoms with Crippen LogP contribution in [-0.4, -0.2) is 60.6 Å². The number of nitrogens with zero attached hydrogens (tertiary/aromatic N) is 6. The molecule has 1 fully saturated rings. The number of halogens is 2. The van der Waals surface area contributed by atoms with Gasteiger partial charge in [0, 0.05) is 42.3 Å². The van der Waals surface area contributed by atoms with Crippen molar-refractivity contribution < 1.29 is 13.6 Å². The summed E-state index contributed by atoms with van der Waals surface area (Å²) in [6.45, 7) is 6.50. The zero-order valence-corrected chi connectivity index (χ0v) is 24.4. The molecule has 1 N–H and O–H groups in total. The van der Waals surface area contributed by atoms with Crippen LogP contribution in [0.3, 0.4) is 0 Å². The Balaban J connectivity index is 1.16. The van der Waals surface area contributed by atoms with E-state index in [1.807, 2.05) is 30.7 Å². The number of aromatic nitrogens is 5. The first-order valence-electron chi connectivity index (χ1n) is 14.5. The SMILES string of the molecule is CC(C)N1CCC(n2cnc3cnc4ccc(C#CCNC(=O)c5cncn(Cc6ccc(F)c(F)c6)c5=O)cc4c32)CC1. The van der Waals surface area contributed by atoms with E-state index in [1.54, 1.807) is 0 Å². The van der Waals surface area contributed by atoms with Crippen molar-refractivity contribution in [2.75, 3.05) is 19.6 Å². The van der Waals surface area contributed by atoms with Gasteiger partial charge in [-0.1, -0.05) is 17.9 Å². The molecule has 6 rings (SSSR count). The molecule has 5 aromatic rings. The summed E-state index contributed by atoms with van der Waals surface area (Å²) in [5.41, 5.74) is 3.08. The highest BCUT2D eigenvalue weighted by Crippen LogP contribution is 2.31. The lowest BCUT2D eigenvalue weighted by Crippen LogP contribution is -2.38. The highest BCUT2D eigenvalue weighted by Gasteiger charge is 2.24. The van der Waals surface area contributed by atoms with Crippen molar-refractivity contribution in [2.45, 2.75) is 45.3 Å². The summed E-state index contributed by atoms with van der Waals surface area (Å²) in [6.07, 6.45) is 8.25. The third kappa shape index (κ3) is 5.94. The Morgan fingerprint density at radius 2 is 1.84 bits per heavy atom. The predicted molar refractivity (Wildman–Crippen MR) is 163 cm³/mol. The van der Waals surface area contributed by atoms with E-state index < -0.39 is 23.1 Å². The molecule has 2 aromatic carbocycles. The molecule has 1 aliphatic heterocycles. The fourth-order valence-corrected chi connectivity index (χ4v) is 5.67. The van der Waals surface area contributed by atoms with Crippen LogP contribution in [0.1, 0.15) is 54.2 Å². The second kappa shape index (κ2) is 12.3. The number of nitrogens with one attached hydrogen (secondary N) is 1. The van der Waals surface area contributed by atoms with Gasteiger partial charge in [-0.05, 0) is 62.6 Å². The number of hydrogen-bond donors (Lipinski definition) is 1. The smallest absolute Gasteiger partial charge is 0.266 e. The molecule has 0 aliphatic carbocycles. The maximum atomic E-state index is 13.6. The number of carbonyl (C=O) groups excluding carboxylic acids is 1. The summed E-state index contributed by atoms with van der Waals surface area (Å²) in [7, 11) is 0. The van der Waals surface area contributed by atoms with Gasteiger partial charge in [0.05, 0.1) is 43.0 Å². The summed E-state index contributed by atoms with van der Waals surface area (Å²) in [4.78, 5) is 41.3. The summed E-state index contributed by atoms with van der Waals surface area (Å²) in [5, 5.41) is 3.61. The minimum Gasteiger partial charge on any atom is -0.341 e. The lowest BCUT2D eigenvalue weighted by atomic mass is 10.0. The largest absolute Gasteiger partial charge is 0.341 e. The van der Waals surface area contributed by atoms with Gasteiger partial charge in [-0.2, -0.15) is 0 Å². The van der Waals surface area contributed by atoms with Crippen molar-refractivity contribution in [3.05, 3.63) is 100 Å². The third-order valence-electron chi connectivity index (χ3n) is 8.07. The maximum absolute atomic E-state index is 13.6. The Bertz CT molecular complexity index is 1980. The molecule has 0 radical (unpaired) electrons. The van der Waals surface area contributed by atoms with Crippen LogP contribution in [-0.2, 0) is 6.54 Å². The second-order valence-electron chi connectivity index (χ2n) is 11.2. The molecule has 1 saturated heterocycles. The Kier molecular flexibility index (Phi) is 8.17. The highest BCUT2D eigenvalue weighted by molar-refractivity contribution is 6.02. The standard InChI is InChI=1S/C33H31F2N7O2/c1-21(2)40-12-9-24(10-13-40)42-20-39-30-17-38-29-8-6-22(14-25(29)31(30)42)4-3-11-37-32(43)26-16-36-19-41(33(26)44)18-23-5-7-27(34)28(35)15-23/h5-8,14-17,19-21,24H,9-13,18H2,1-2H3,(H,37,43). The number of amides is 1. The number of imidazole rings is 1. The summed E-state index contributed by atoms with van der Waals surface area (Å²) in [5.74, 6) is 3.41. The van der Waals surface area contributed by atoms with Crippen LogP contribution in [0, 0.1) is 23.5 Å². The molecule has 11 heteroatoms. The molecule has 9 nitrogen and oxygen atoms in total. The fraction of sp³-hybridized carbons (Fsp3) is 0.303. The van der Waals surface area contributed by atoms with Crippen molar-refractivity contribution in [1.82, 2.24) is 34.3 Å². The quantitative estimate of drug-likeness (QED) is 0.294. The van der Waals surface area contributed by atoms with Crippen molar-refractivity contribution in [3.63, 3.8) is 0 Å². The van der Waals surface area contributed by atoms with Gasteiger partial charge in [0.25, 0.3) is 11.5 Å². The van der Waals surface area contributed by atoms with E-state index in [0.717, 1.165) is 70.1 Å². The first kappa shape index (κ1) is 29.1. The zero-order chi connectivity index (χ0) is 30.8. The molecule has 1 aliphatic rings. The van der Waals surface area contributed by atoms with E-state index in [1.165, 1.54) is 18.6 Å². The van der Waals surface area contributed by atoms with Gasteiger partial charge in [0.15, 0.2) is 11.6 Å². The number of benzene rings is 2. The van der Waals surface area contributed by atoms with Crippen LogP contribution in [0.4, 0.5) is 8.78 Å². The first-order valence-corrected chi connectivity index (χ1v) is 14.5. The molecule has 0 atom stereocenters. The highest BCUT2D eigenvalue weighted by atomic mass is 19.2. The Hall–Kier alpha value is -4.95. The number of fused-ring (bicyclic) bond motifs is 3. The van der Waals surface area contributed by atoms with Crippen LogP contribution in [0.2, 0.25) is 0 Å². The molecule has 0 bridgehead atoms. The molecule has 3 aromatic heterocycles. The molecule has 224 valence electrons. The van der Waals surface area contributed by atoms with Gasteiger partial charge in [-0.15, -0.1) is 0 Å². The average Bonchev–Trinajstić information content (AvgIpc) is 3.47. The molecule has 4 heterocycles. The lowest BCUT2D eigenvalue weighted by Gasteiger charge is -2.35. The average molecular weight is 596 g/mol. The van der Waals surface area contributed by atoms with E-state index in [9.17, 15) is 18.4 Å².